The summed E-state index contributed by atoms with van der Waals surface area (Å²) in [4.78, 5) is 11.5. The van der Waals surface area contributed by atoms with E-state index >= 15 is 0 Å². The molecule has 0 aromatic heterocycles. The van der Waals surface area contributed by atoms with E-state index in [0.717, 1.165) is 22.4 Å². The van der Waals surface area contributed by atoms with Gasteiger partial charge in [-0.25, -0.2) is 0 Å². The first-order valence-electron chi connectivity index (χ1n) is 7.83. The van der Waals surface area contributed by atoms with Crippen LogP contribution in [0.15, 0.2) is 48.5 Å². The Labute approximate surface area is 137 Å². The molecule has 0 spiro atoms. The summed E-state index contributed by atoms with van der Waals surface area (Å²) in [6.45, 7) is 5.97. The predicted molar refractivity (Wildman–Crippen MR) is 91.3 cm³/mol. The zero-order valence-electron chi connectivity index (χ0n) is 13.7. The number of aliphatic hydroxyl groups excluding tert-OH is 1. The fourth-order valence-corrected chi connectivity index (χ4v) is 2.29. The van der Waals surface area contributed by atoms with Gasteiger partial charge in [0.1, 0.15) is 11.9 Å². The van der Waals surface area contributed by atoms with Crippen molar-refractivity contribution in [2.45, 2.75) is 32.9 Å². The molecule has 2 unspecified atom stereocenters. The van der Waals surface area contributed by atoms with Crippen molar-refractivity contribution < 1.29 is 14.6 Å². The molecule has 0 bridgehead atoms. The first-order valence-corrected chi connectivity index (χ1v) is 7.83. The molecule has 0 fully saturated rings. The van der Waals surface area contributed by atoms with Crippen LogP contribution in [-0.4, -0.2) is 23.7 Å². The van der Waals surface area contributed by atoms with Gasteiger partial charge in [0.2, 0.25) is 5.91 Å². The predicted octanol–water partition coefficient (Wildman–Crippen LogP) is 3.31. The van der Waals surface area contributed by atoms with Crippen molar-refractivity contribution in [3.8, 4) is 16.9 Å². The molecular formula is C19H23NO3. The van der Waals surface area contributed by atoms with Gasteiger partial charge in [-0.3, -0.25) is 4.79 Å². The second-order valence-corrected chi connectivity index (χ2v) is 5.49. The van der Waals surface area contributed by atoms with Crippen LogP contribution in [0.25, 0.3) is 11.1 Å². The average Bonchev–Trinajstić information content (AvgIpc) is 2.56. The second-order valence-electron chi connectivity index (χ2n) is 5.49. The molecule has 2 aromatic rings. The van der Waals surface area contributed by atoms with Gasteiger partial charge in [-0.2, -0.15) is 0 Å². The number of amides is 1. The van der Waals surface area contributed by atoms with Crippen molar-refractivity contribution in [2.24, 2.45) is 0 Å². The Hall–Kier alpha value is -2.33. The minimum absolute atomic E-state index is 0.147. The summed E-state index contributed by atoms with van der Waals surface area (Å²) in [5.41, 5.74) is 3.21. The average molecular weight is 313 g/mol. The van der Waals surface area contributed by atoms with Gasteiger partial charge >= 0.3 is 0 Å². The van der Waals surface area contributed by atoms with Gasteiger partial charge in [0.15, 0.2) is 0 Å². The van der Waals surface area contributed by atoms with Crippen LogP contribution in [0.2, 0.25) is 0 Å². The first-order chi connectivity index (χ1) is 11.0. The third-order valence-corrected chi connectivity index (χ3v) is 3.65. The maximum absolute atomic E-state index is 11.5. The zero-order chi connectivity index (χ0) is 16.8. The van der Waals surface area contributed by atoms with Gasteiger partial charge in [-0.05, 0) is 49.6 Å². The van der Waals surface area contributed by atoms with Gasteiger partial charge in [0.25, 0.3) is 0 Å². The van der Waals surface area contributed by atoms with E-state index in [9.17, 15) is 9.90 Å². The third kappa shape index (κ3) is 4.57. The smallest absolute Gasteiger partial charge is 0.249 e. The van der Waals surface area contributed by atoms with Gasteiger partial charge in [-0.15, -0.1) is 0 Å². The number of benzene rings is 2. The van der Waals surface area contributed by atoms with E-state index < -0.39 is 6.10 Å². The van der Waals surface area contributed by atoms with E-state index in [4.69, 9.17) is 4.74 Å². The number of hydrogen-bond donors (Lipinski definition) is 2. The minimum Gasteiger partial charge on any atom is -0.494 e. The number of nitrogens with one attached hydrogen (secondary N) is 1. The van der Waals surface area contributed by atoms with Crippen LogP contribution in [0, 0.1) is 0 Å². The van der Waals surface area contributed by atoms with E-state index in [2.05, 4.69) is 5.32 Å². The molecule has 23 heavy (non-hydrogen) atoms. The van der Waals surface area contributed by atoms with Gasteiger partial charge in [0.05, 0.1) is 12.6 Å². The molecule has 0 heterocycles. The fraction of sp³-hybridized carbons (Fsp3) is 0.316. The number of hydrogen-bond acceptors (Lipinski definition) is 3. The molecule has 2 N–H and O–H groups in total. The number of aliphatic hydroxyl groups is 1. The topological polar surface area (TPSA) is 58.6 Å². The molecule has 4 nitrogen and oxygen atoms in total. The summed E-state index contributed by atoms with van der Waals surface area (Å²) >= 11 is 0. The summed E-state index contributed by atoms with van der Waals surface area (Å²) in [7, 11) is 0. The van der Waals surface area contributed by atoms with Crippen molar-refractivity contribution >= 4 is 5.91 Å². The van der Waals surface area contributed by atoms with Gasteiger partial charge in [-0.1, -0.05) is 36.4 Å². The van der Waals surface area contributed by atoms with Crippen molar-refractivity contribution in [1.29, 1.82) is 0 Å². The highest BCUT2D eigenvalue weighted by Gasteiger charge is 2.13. The van der Waals surface area contributed by atoms with Crippen LogP contribution in [0.5, 0.6) is 5.75 Å². The Morgan fingerprint density at radius 1 is 1.04 bits per heavy atom. The lowest BCUT2D eigenvalue weighted by atomic mass is 10.0. The Bertz CT molecular complexity index is 633. The number of rotatable bonds is 6. The normalized spacial score (nSPS) is 13.2. The van der Waals surface area contributed by atoms with E-state index in [0.29, 0.717) is 6.61 Å². The summed E-state index contributed by atoms with van der Waals surface area (Å²) in [6.07, 6.45) is -0.999. The van der Waals surface area contributed by atoms with E-state index in [1.807, 2.05) is 62.4 Å². The van der Waals surface area contributed by atoms with Crippen LogP contribution >= 0.6 is 0 Å². The molecule has 4 heteroatoms. The summed E-state index contributed by atoms with van der Waals surface area (Å²) < 4.78 is 5.44. The maximum Gasteiger partial charge on any atom is 0.249 e. The molecule has 0 radical (unpaired) electrons. The lowest BCUT2D eigenvalue weighted by molar-refractivity contribution is -0.129. The monoisotopic (exact) mass is 313 g/mol. The van der Waals surface area contributed by atoms with Crippen molar-refractivity contribution in [1.82, 2.24) is 5.32 Å². The molecule has 0 aliphatic rings. The summed E-state index contributed by atoms with van der Waals surface area (Å²) in [5.74, 6) is 0.496. The van der Waals surface area contributed by atoms with Crippen molar-refractivity contribution in [2.75, 3.05) is 6.61 Å². The van der Waals surface area contributed by atoms with E-state index in [1.165, 1.54) is 6.92 Å². The largest absolute Gasteiger partial charge is 0.494 e. The summed E-state index contributed by atoms with van der Waals surface area (Å²) in [6, 6.07) is 15.8. The number of carbonyl (C=O) groups is 1. The molecule has 2 rings (SSSR count). The molecule has 122 valence electrons. The highest BCUT2D eigenvalue weighted by atomic mass is 16.5. The standard InChI is InChI=1S/C19H23NO3/c1-4-23-18-11-9-17(10-12-18)16-7-5-15(6-8-16)13(2)20-19(22)14(3)21/h5-14,21H,4H2,1-3H3,(H,20,22). The molecule has 1 amide bonds. The molecule has 2 atom stereocenters. The van der Waals surface area contributed by atoms with Crippen LogP contribution in [0.3, 0.4) is 0 Å². The molecular weight excluding hydrogens is 290 g/mol. The fourth-order valence-electron chi connectivity index (χ4n) is 2.29. The summed E-state index contributed by atoms with van der Waals surface area (Å²) in [5, 5.41) is 12.0. The highest BCUT2D eigenvalue weighted by molar-refractivity contribution is 5.80. The van der Waals surface area contributed by atoms with Gasteiger partial charge in [0, 0.05) is 0 Å². The Morgan fingerprint density at radius 2 is 1.57 bits per heavy atom. The first kappa shape index (κ1) is 17.0. The maximum atomic E-state index is 11.5. The highest BCUT2D eigenvalue weighted by Crippen LogP contribution is 2.24. The van der Waals surface area contributed by atoms with Crippen LogP contribution in [0.1, 0.15) is 32.4 Å². The van der Waals surface area contributed by atoms with Crippen molar-refractivity contribution in [3.63, 3.8) is 0 Å². The Kier molecular flexibility index (Phi) is 5.77. The minimum atomic E-state index is -0.999. The molecule has 0 aliphatic heterocycles. The van der Waals surface area contributed by atoms with Crippen LogP contribution in [-0.2, 0) is 4.79 Å². The van der Waals surface area contributed by atoms with Crippen molar-refractivity contribution in [3.05, 3.63) is 54.1 Å². The van der Waals surface area contributed by atoms with Gasteiger partial charge < -0.3 is 15.2 Å². The SMILES string of the molecule is CCOc1ccc(-c2ccc(C(C)NC(=O)C(C)O)cc2)cc1. The van der Waals surface area contributed by atoms with E-state index in [-0.39, 0.29) is 11.9 Å². The quantitative estimate of drug-likeness (QED) is 0.860. The second kappa shape index (κ2) is 7.79. The lowest BCUT2D eigenvalue weighted by Gasteiger charge is -2.16. The Morgan fingerprint density at radius 3 is 2.04 bits per heavy atom. The molecule has 0 saturated heterocycles. The molecule has 0 saturated carbocycles. The van der Waals surface area contributed by atoms with Crippen LogP contribution in [0.4, 0.5) is 0 Å². The third-order valence-electron chi connectivity index (χ3n) is 3.65. The van der Waals surface area contributed by atoms with E-state index in [1.54, 1.807) is 0 Å². The van der Waals surface area contributed by atoms with Crippen LogP contribution < -0.4 is 10.1 Å². The molecule has 2 aromatic carbocycles. The Balaban J connectivity index is 2.08. The zero-order valence-corrected chi connectivity index (χ0v) is 13.7. The lowest BCUT2D eigenvalue weighted by Crippen LogP contribution is -2.34. The number of ether oxygens (including phenoxy) is 1. The number of carbonyl (C=O) groups excluding carboxylic acids is 1. The molecule has 0 aliphatic carbocycles.